The second kappa shape index (κ2) is 7.37. The maximum Gasteiger partial charge on any atom is 0.249 e. The van der Waals surface area contributed by atoms with Crippen LogP contribution in [0.25, 0.3) is 11.6 Å². The van der Waals surface area contributed by atoms with Crippen molar-refractivity contribution in [3.8, 4) is 11.6 Å². The zero-order valence-corrected chi connectivity index (χ0v) is 14.0. The van der Waals surface area contributed by atoms with Crippen LogP contribution in [0, 0.1) is 5.92 Å². The molecule has 2 heterocycles. The summed E-state index contributed by atoms with van der Waals surface area (Å²) in [6.45, 7) is 4.18. The minimum Gasteiger partial charge on any atom is -0.341 e. The maximum absolute atomic E-state index is 12.5. The summed E-state index contributed by atoms with van der Waals surface area (Å²) in [6.07, 6.45) is 8.13. The number of carbonyl (C=O) groups excluding carboxylic acids is 1. The highest BCUT2D eigenvalue weighted by Gasteiger charge is 2.25. The molecule has 0 bridgehead atoms. The third-order valence-corrected chi connectivity index (χ3v) is 3.96. The first-order valence-corrected chi connectivity index (χ1v) is 8.32. The molecule has 1 aliphatic rings. The monoisotopic (exact) mass is 330 g/mol. The Balaban J connectivity index is 1.76. The van der Waals surface area contributed by atoms with Gasteiger partial charge in [0.05, 0.1) is 0 Å². The molecule has 2 aromatic heterocycles. The van der Waals surface area contributed by atoms with E-state index in [0.29, 0.717) is 23.5 Å². The van der Waals surface area contributed by atoms with Crippen molar-refractivity contribution in [3.05, 3.63) is 23.9 Å². The van der Waals surface area contributed by atoms with Gasteiger partial charge in [0.2, 0.25) is 17.6 Å². The number of rotatable bonds is 6. The molecule has 2 N–H and O–H groups in total. The van der Waals surface area contributed by atoms with Crippen molar-refractivity contribution in [2.75, 3.05) is 0 Å². The van der Waals surface area contributed by atoms with Crippen LogP contribution >= 0.6 is 0 Å². The normalized spacial score (nSPS) is 16.0. The summed E-state index contributed by atoms with van der Waals surface area (Å²) in [5, 5.41) is 13.4. The Bertz CT molecular complexity index is 704. The third kappa shape index (κ3) is 3.87. The van der Waals surface area contributed by atoms with Gasteiger partial charge in [-0.05, 0) is 38.0 Å². The number of nitrogens with one attached hydrogen (secondary N) is 2. The highest BCUT2D eigenvalue weighted by molar-refractivity contribution is 5.93. The molecular formula is C16H22N6O2. The topological polar surface area (TPSA) is 110 Å². The number of allylic oxidation sites excluding steroid dienone is 1. The van der Waals surface area contributed by atoms with Crippen LogP contribution in [0.4, 0.5) is 0 Å². The highest BCUT2D eigenvalue weighted by Crippen LogP contribution is 2.24. The smallest absolute Gasteiger partial charge is 0.249 e. The minimum atomic E-state index is -0.315. The standard InChI is InChI=1S/C16H22N6O2/c1-10(2)8-12(19-15(23)11-6-4-3-5-7-11)16-20-14(22-24-16)13-17-9-18-21-13/h6,9-10,12H,3-5,7-8H2,1-2H3,(H,19,23)(H,17,18,21)/t12-/m1/s1. The van der Waals surface area contributed by atoms with E-state index in [0.717, 1.165) is 37.7 Å². The summed E-state index contributed by atoms with van der Waals surface area (Å²) in [4.78, 5) is 20.9. The van der Waals surface area contributed by atoms with Gasteiger partial charge in [-0.3, -0.25) is 9.89 Å². The first kappa shape index (κ1) is 16.4. The summed E-state index contributed by atoms with van der Waals surface area (Å²) in [7, 11) is 0. The molecule has 0 aliphatic heterocycles. The van der Waals surface area contributed by atoms with E-state index in [2.05, 4.69) is 44.5 Å². The number of amides is 1. The molecule has 0 aromatic carbocycles. The Hall–Kier alpha value is -2.51. The molecule has 8 nitrogen and oxygen atoms in total. The van der Waals surface area contributed by atoms with Crippen molar-refractivity contribution in [2.45, 2.75) is 52.0 Å². The second-order valence-corrected chi connectivity index (χ2v) is 6.42. The molecule has 0 saturated heterocycles. The van der Waals surface area contributed by atoms with Crippen molar-refractivity contribution >= 4 is 5.91 Å². The number of nitrogens with zero attached hydrogens (tertiary/aromatic N) is 4. The third-order valence-electron chi connectivity index (χ3n) is 3.96. The first-order valence-electron chi connectivity index (χ1n) is 8.32. The van der Waals surface area contributed by atoms with Crippen molar-refractivity contribution < 1.29 is 9.32 Å². The zero-order chi connectivity index (χ0) is 16.9. The van der Waals surface area contributed by atoms with Gasteiger partial charge in [0.1, 0.15) is 12.4 Å². The molecule has 1 atom stereocenters. The van der Waals surface area contributed by atoms with E-state index in [-0.39, 0.29) is 11.9 Å². The minimum absolute atomic E-state index is 0.0419. The second-order valence-electron chi connectivity index (χ2n) is 6.42. The predicted molar refractivity (Wildman–Crippen MR) is 86.6 cm³/mol. The van der Waals surface area contributed by atoms with Crippen LogP contribution in [0.1, 0.15) is 57.9 Å². The molecular weight excluding hydrogens is 308 g/mol. The highest BCUT2D eigenvalue weighted by atomic mass is 16.5. The number of hydrogen-bond acceptors (Lipinski definition) is 6. The number of aromatic nitrogens is 5. The largest absolute Gasteiger partial charge is 0.341 e. The van der Waals surface area contributed by atoms with Crippen LogP contribution in [0.5, 0.6) is 0 Å². The van der Waals surface area contributed by atoms with Gasteiger partial charge < -0.3 is 9.84 Å². The fourth-order valence-electron chi connectivity index (χ4n) is 2.77. The Morgan fingerprint density at radius 2 is 2.29 bits per heavy atom. The van der Waals surface area contributed by atoms with E-state index in [1.54, 1.807) is 0 Å². The van der Waals surface area contributed by atoms with Gasteiger partial charge in [-0.2, -0.15) is 10.1 Å². The van der Waals surface area contributed by atoms with Gasteiger partial charge >= 0.3 is 0 Å². The summed E-state index contributed by atoms with van der Waals surface area (Å²) in [5.41, 5.74) is 0.852. The van der Waals surface area contributed by atoms with E-state index in [1.165, 1.54) is 6.33 Å². The lowest BCUT2D eigenvalue weighted by molar-refractivity contribution is -0.118. The average Bonchev–Trinajstić information content (AvgIpc) is 3.26. The SMILES string of the molecule is CC(C)C[C@@H](NC(=O)C1=CCCCC1)c1nc(-c2ncn[nH]2)no1. The van der Waals surface area contributed by atoms with E-state index in [1.807, 2.05) is 6.08 Å². The zero-order valence-electron chi connectivity index (χ0n) is 14.0. The summed E-state index contributed by atoms with van der Waals surface area (Å²) >= 11 is 0. The van der Waals surface area contributed by atoms with Crippen LogP contribution in [0.2, 0.25) is 0 Å². The molecule has 1 amide bonds. The lowest BCUT2D eigenvalue weighted by Crippen LogP contribution is -2.31. The van der Waals surface area contributed by atoms with Crippen LogP contribution in [-0.4, -0.2) is 31.2 Å². The fourth-order valence-corrected chi connectivity index (χ4v) is 2.77. The maximum atomic E-state index is 12.5. The Kier molecular flexibility index (Phi) is 5.02. The summed E-state index contributed by atoms with van der Waals surface area (Å²) in [5.74, 6) is 1.49. The molecule has 8 heteroatoms. The van der Waals surface area contributed by atoms with Gasteiger partial charge in [0, 0.05) is 5.57 Å². The molecule has 1 aliphatic carbocycles. The summed E-state index contributed by atoms with van der Waals surface area (Å²) in [6, 6.07) is -0.315. The van der Waals surface area contributed by atoms with E-state index >= 15 is 0 Å². The molecule has 3 rings (SSSR count). The molecule has 128 valence electrons. The Labute approximate surface area is 140 Å². The van der Waals surface area contributed by atoms with E-state index in [9.17, 15) is 4.79 Å². The Morgan fingerprint density at radius 3 is 2.96 bits per heavy atom. The van der Waals surface area contributed by atoms with Crippen molar-refractivity contribution in [3.63, 3.8) is 0 Å². The molecule has 24 heavy (non-hydrogen) atoms. The molecule has 0 spiro atoms. The van der Waals surface area contributed by atoms with Gasteiger partial charge in [-0.1, -0.05) is 25.1 Å². The van der Waals surface area contributed by atoms with Gasteiger partial charge in [-0.15, -0.1) is 0 Å². The average molecular weight is 330 g/mol. The summed E-state index contributed by atoms with van der Waals surface area (Å²) < 4.78 is 5.36. The van der Waals surface area contributed by atoms with Crippen LogP contribution in [-0.2, 0) is 4.79 Å². The molecule has 0 radical (unpaired) electrons. The quantitative estimate of drug-likeness (QED) is 0.842. The first-order chi connectivity index (χ1) is 11.6. The number of aromatic amines is 1. The van der Waals surface area contributed by atoms with Crippen LogP contribution < -0.4 is 5.32 Å². The van der Waals surface area contributed by atoms with Crippen molar-refractivity contribution in [1.29, 1.82) is 0 Å². The number of hydrogen-bond donors (Lipinski definition) is 2. The van der Waals surface area contributed by atoms with Crippen LogP contribution in [0.3, 0.4) is 0 Å². The van der Waals surface area contributed by atoms with Crippen molar-refractivity contribution in [2.24, 2.45) is 5.92 Å². The lowest BCUT2D eigenvalue weighted by atomic mass is 9.98. The predicted octanol–water partition coefficient (Wildman–Crippen LogP) is 2.56. The van der Waals surface area contributed by atoms with Crippen molar-refractivity contribution in [1.82, 2.24) is 30.6 Å². The van der Waals surface area contributed by atoms with E-state index in [4.69, 9.17) is 4.52 Å². The van der Waals surface area contributed by atoms with Crippen LogP contribution in [0.15, 0.2) is 22.5 Å². The molecule has 2 aromatic rings. The van der Waals surface area contributed by atoms with Gasteiger partial charge in [0.25, 0.3) is 0 Å². The Morgan fingerprint density at radius 1 is 1.42 bits per heavy atom. The lowest BCUT2D eigenvalue weighted by Gasteiger charge is -2.19. The molecule has 0 fully saturated rings. The number of carbonyl (C=O) groups is 1. The molecule has 0 saturated carbocycles. The van der Waals surface area contributed by atoms with Gasteiger partial charge in [0.15, 0.2) is 5.82 Å². The fraction of sp³-hybridized carbons (Fsp3) is 0.562. The molecule has 0 unspecified atom stereocenters. The number of H-pyrrole nitrogens is 1. The van der Waals surface area contributed by atoms with Gasteiger partial charge in [-0.25, -0.2) is 4.98 Å². The van der Waals surface area contributed by atoms with E-state index < -0.39 is 0 Å².